The SMILES string of the molecule is O=[P]1OC(c2ccccc2)(c2ccccc2)C(c2ccccc2)(c2ccccc2)O1. The molecule has 0 aromatic heterocycles. The summed E-state index contributed by atoms with van der Waals surface area (Å²) in [6.07, 6.45) is 0. The van der Waals surface area contributed by atoms with Crippen LogP contribution in [0.4, 0.5) is 0 Å². The lowest BCUT2D eigenvalue weighted by molar-refractivity contribution is 0.00370. The zero-order valence-corrected chi connectivity index (χ0v) is 17.1. The fourth-order valence-corrected chi connectivity index (χ4v) is 5.58. The number of hydrogen-bond donors (Lipinski definition) is 0. The minimum absolute atomic E-state index is 0.879. The first-order valence-electron chi connectivity index (χ1n) is 9.85. The molecule has 1 heterocycles. The van der Waals surface area contributed by atoms with Crippen molar-refractivity contribution in [3.8, 4) is 0 Å². The summed E-state index contributed by atoms with van der Waals surface area (Å²) < 4.78 is 25.7. The molecule has 0 bridgehead atoms. The van der Waals surface area contributed by atoms with E-state index in [2.05, 4.69) is 0 Å². The van der Waals surface area contributed by atoms with Crippen LogP contribution < -0.4 is 0 Å². The highest BCUT2D eigenvalue weighted by Gasteiger charge is 2.65. The smallest absolute Gasteiger partial charge is 0.262 e. The molecule has 5 rings (SSSR count). The van der Waals surface area contributed by atoms with Crippen LogP contribution in [0, 0.1) is 0 Å². The summed E-state index contributed by atoms with van der Waals surface area (Å²) in [7, 11) is -2.39. The van der Waals surface area contributed by atoms with Crippen LogP contribution in [0.5, 0.6) is 0 Å². The normalized spacial score (nSPS) is 17.0. The summed E-state index contributed by atoms with van der Waals surface area (Å²) >= 11 is 0. The van der Waals surface area contributed by atoms with Gasteiger partial charge in [0.1, 0.15) is 0 Å². The van der Waals surface area contributed by atoms with Gasteiger partial charge in [-0.25, -0.2) is 4.57 Å². The maximum Gasteiger partial charge on any atom is 0.371 e. The van der Waals surface area contributed by atoms with Crippen LogP contribution in [0.1, 0.15) is 22.3 Å². The van der Waals surface area contributed by atoms with Crippen LogP contribution in [-0.4, -0.2) is 0 Å². The highest BCUT2D eigenvalue weighted by molar-refractivity contribution is 7.33. The van der Waals surface area contributed by atoms with Gasteiger partial charge in [0.2, 0.25) is 0 Å². The molecule has 0 saturated carbocycles. The van der Waals surface area contributed by atoms with Gasteiger partial charge in [0.05, 0.1) is 0 Å². The average molecular weight is 411 g/mol. The first-order chi connectivity index (χ1) is 14.8. The van der Waals surface area contributed by atoms with Crippen molar-refractivity contribution in [2.75, 3.05) is 0 Å². The molecular weight excluding hydrogens is 391 g/mol. The predicted octanol–water partition coefficient (Wildman–Crippen LogP) is 6.58. The molecule has 147 valence electrons. The number of benzene rings is 4. The lowest BCUT2D eigenvalue weighted by Crippen LogP contribution is -2.48. The molecule has 1 aliphatic heterocycles. The molecule has 4 aromatic rings. The van der Waals surface area contributed by atoms with E-state index in [0.29, 0.717) is 0 Å². The van der Waals surface area contributed by atoms with E-state index in [1.807, 2.05) is 121 Å². The van der Waals surface area contributed by atoms with E-state index in [1.165, 1.54) is 0 Å². The molecule has 3 nitrogen and oxygen atoms in total. The van der Waals surface area contributed by atoms with Crippen molar-refractivity contribution in [3.63, 3.8) is 0 Å². The summed E-state index contributed by atoms with van der Waals surface area (Å²) in [4.78, 5) is 0. The monoisotopic (exact) mass is 411 g/mol. The van der Waals surface area contributed by atoms with Crippen LogP contribution in [0.3, 0.4) is 0 Å². The second-order valence-electron chi connectivity index (χ2n) is 7.23. The zero-order chi connectivity index (χ0) is 20.4. The number of hydrogen-bond acceptors (Lipinski definition) is 3. The van der Waals surface area contributed by atoms with E-state index in [4.69, 9.17) is 9.05 Å². The first kappa shape index (κ1) is 18.9. The Hall–Kier alpha value is -3.10. The minimum atomic E-state index is -2.39. The van der Waals surface area contributed by atoms with E-state index in [-0.39, 0.29) is 0 Å². The van der Waals surface area contributed by atoms with Gasteiger partial charge in [0.15, 0.2) is 11.2 Å². The van der Waals surface area contributed by atoms with E-state index < -0.39 is 19.5 Å². The summed E-state index contributed by atoms with van der Waals surface area (Å²) in [5.41, 5.74) is 1.25. The minimum Gasteiger partial charge on any atom is -0.262 e. The average Bonchev–Trinajstić information content (AvgIpc) is 3.16. The lowest BCUT2D eigenvalue weighted by Gasteiger charge is -2.43. The van der Waals surface area contributed by atoms with Crippen molar-refractivity contribution in [2.45, 2.75) is 11.2 Å². The van der Waals surface area contributed by atoms with Crippen molar-refractivity contribution >= 4 is 8.25 Å². The molecule has 0 N–H and O–H groups in total. The third kappa shape index (κ3) is 2.75. The fourth-order valence-electron chi connectivity index (χ4n) is 4.42. The Kier molecular flexibility index (Phi) is 4.80. The second kappa shape index (κ2) is 7.62. The standard InChI is InChI=1S/C26H20O3P/c27-30-28-25(21-13-5-1-6-14-21,22-15-7-2-8-16-22)26(29-30,23-17-9-3-10-18-23)24-19-11-4-12-20-24/h1-20H. The van der Waals surface area contributed by atoms with Gasteiger partial charge in [-0.15, -0.1) is 0 Å². The Bertz CT molecular complexity index is 974. The van der Waals surface area contributed by atoms with Gasteiger partial charge in [-0.3, -0.25) is 9.05 Å². The Morgan fingerprint density at radius 1 is 0.433 bits per heavy atom. The summed E-state index contributed by atoms with van der Waals surface area (Å²) in [6.45, 7) is 0. The Morgan fingerprint density at radius 3 is 0.900 bits per heavy atom. The molecule has 1 saturated heterocycles. The summed E-state index contributed by atoms with van der Waals surface area (Å²) in [5, 5.41) is 0. The van der Waals surface area contributed by atoms with Crippen LogP contribution in [0.2, 0.25) is 0 Å². The Morgan fingerprint density at radius 2 is 0.667 bits per heavy atom. The van der Waals surface area contributed by atoms with Crippen molar-refractivity contribution in [3.05, 3.63) is 144 Å². The Balaban J connectivity index is 1.94. The third-order valence-electron chi connectivity index (χ3n) is 5.64. The molecule has 30 heavy (non-hydrogen) atoms. The van der Waals surface area contributed by atoms with Gasteiger partial charge >= 0.3 is 8.25 Å². The van der Waals surface area contributed by atoms with Crippen LogP contribution in [-0.2, 0) is 24.8 Å². The highest BCUT2D eigenvalue weighted by Crippen LogP contribution is 2.66. The molecule has 0 atom stereocenters. The Labute approximate surface area is 176 Å². The van der Waals surface area contributed by atoms with Gasteiger partial charge in [-0.05, 0) is 22.3 Å². The van der Waals surface area contributed by atoms with Gasteiger partial charge in [-0.1, -0.05) is 121 Å². The second-order valence-corrected chi connectivity index (χ2v) is 8.05. The molecule has 0 spiro atoms. The van der Waals surface area contributed by atoms with Gasteiger partial charge in [0, 0.05) is 0 Å². The molecule has 0 amide bonds. The van der Waals surface area contributed by atoms with Gasteiger partial charge in [0.25, 0.3) is 0 Å². The van der Waals surface area contributed by atoms with Crippen molar-refractivity contribution < 1.29 is 13.6 Å². The van der Waals surface area contributed by atoms with Crippen LogP contribution in [0.25, 0.3) is 0 Å². The van der Waals surface area contributed by atoms with Crippen molar-refractivity contribution in [1.29, 1.82) is 0 Å². The largest absolute Gasteiger partial charge is 0.371 e. The van der Waals surface area contributed by atoms with Gasteiger partial charge in [-0.2, -0.15) is 0 Å². The third-order valence-corrected chi connectivity index (χ3v) is 6.49. The maximum absolute atomic E-state index is 13.1. The summed E-state index contributed by atoms with van der Waals surface area (Å²) in [5.74, 6) is 0. The molecule has 4 heteroatoms. The van der Waals surface area contributed by atoms with Crippen LogP contribution >= 0.6 is 8.25 Å². The van der Waals surface area contributed by atoms with Crippen LogP contribution in [0.15, 0.2) is 121 Å². The molecule has 1 radical (unpaired) electrons. The van der Waals surface area contributed by atoms with E-state index in [1.54, 1.807) is 0 Å². The highest BCUT2D eigenvalue weighted by atomic mass is 31.1. The molecular formula is C26H20O3P. The van der Waals surface area contributed by atoms with Crippen molar-refractivity contribution in [1.82, 2.24) is 0 Å². The van der Waals surface area contributed by atoms with Gasteiger partial charge < -0.3 is 0 Å². The molecule has 1 fully saturated rings. The fraction of sp³-hybridized carbons (Fsp3) is 0.0769. The predicted molar refractivity (Wildman–Crippen MR) is 117 cm³/mol. The molecule has 1 aliphatic rings. The van der Waals surface area contributed by atoms with E-state index in [9.17, 15) is 4.57 Å². The topological polar surface area (TPSA) is 35.5 Å². The number of rotatable bonds is 4. The molecule has 0 aliphatic carbocycles. The lowest BCUT2D eigenvalue weighted by atomic mass is 9.66. The zero-order valence-electron chi connectivity index (χ0n) is 16.2. The summed E-state index contributed by atoms with van der Waals surface area (Å²) in [6, 6.07) is 39.6. The molecule has 4 aromatic carbocycles. The van der Waals surface area contributed by atoms with Crippen molar-refractivity contribution in [2.24, 2.45) is 0 Å². The van der Waals surface area contributed by atoms with E-state index in [0.717, 1.165) is 22.3 Å². The maximum atomic E-state index is 13.1. The molecule has 0 unspecified atom stereocenters. The van der Waals surface area contributed by atoms with E-state index >= 15 is 0 Å². The quantitative estimate of drug-likeness (QED) is 0.356. The first-order valence-corrected chi connectivity index (χ1v) is 10.9.